The summed E-state index contributed by atoms with van der Waals surface area (Å²) in [5, 5.41) is 6.07. The van der Waals surface area contributed by atoms with Crippen LogP contribution < -0.4 is 10.6 Å². The Morgan fingerprint density at radius 1 is 1.21 bits per heavy atom. The molecule has 0 saturated heterocycles. The fraction of sp³-hybridized carbons (Fsp3) is 0.188. The van der Waals surface area contributed by atoms with Crippen LogP contribution in [0.1, 0.15) is 0 Å². The molecule has 0 amide bonds. The third kappa shape index (κ3) is 3.34. The van der Waals surface area contributed by atoms with Crippen LogP contribution in [0.5, 0.6) is 0 Å². The minimum Gasteiger partial charge on any atom is -0.383 e. The summed E-state index contributed by atoms with van der Waals surface area (Å²) in [6, 6.07) is 6.57. The van der Waals surface area contributed by atoms with Gasteiger partial charge in [0, 0.05) is 42.8 Å². The number of methoxy groups -OCH3 is 1. The minimum atomic E-state index is -1.22. The average molecular weight is 353 g/mol. The smallest absolute Gasteiger partial charge is 0.208 e. The molecule has 24 heavy (non-hydrogen) atoms. The van der Waals surface area contributed by atoms with Crippen molar-refractivity contribution in [2.45, 2.75) is 4.90 Å². The van der Waals surface area contributed by atoms with Crippen molar-refractivity contribution < 1.29 is 17.9 Å². The summed E-state index contributed by atoms with van der Waals surface area (Å²) in [5.74, 6) is -2.68. The van der Waals surface area contributed by atoms with E-state index in [1.54, 1.807) is 25.3 Å². The molecular formula is C16H14F3N3OS. The lowest BCUT2D eigenvalue weighted by Gasteiger charge is -2.21. The molecule has 0 spiro atoms. The van der Waals surface area contributed by atoms with Gasteiger partial charge in [-0.15, -0.1) is 0 Å². The number of halogens is 3. The molecule has 3 rings (SSSR count). The van der Waals surface area contributed by atoms with Gasteiger partial charge in [0.1, 0.15) is 5.82 Å². The Kier molecular flexibility index (Phi) is 4.96. The Hall–Kier alpha value is -2.19. The highest BCUT2D eigenvalue weighted by Gasteiger charge is 2.21. The molecule has 0 atom stereocenters. The summed E-state index contributed by atoms with van der Waals surface area (Å²) in [6.45, 7) is 1.02. The number of hydrogen-bond acceptors (Lipinski definition) is 5. The van der Waals surface area contributed by atoms with Crippen molar-refractivity contribution in [3.05, 3.63) is 47.8 Å². The van der Waals surface area contributed by atoms with Crippen LogP contribution in [0, 0.1) is 17.5 Å². The van der Waals surface area contributed by atoms with E-state index in [1.807, 2.05) is 0 Å². The van der Waals surface area contributed by atoms with E-state index in [9.17, 15) is 13.2 Å². The molecule has 0 saturated carbocycles. The number of anilines is 1. The highest BCUT2D eigenvalue weighted by molar-refractivity contribution is 7.98. The topological polar surface area (TPSA) is 45.6 Å². The zero-order valence-corrected chi connectivity index (χ0v) is 13.5. The average Bonchev–Trinajstić information content (AvgIpc) is 2.58. The summed E-state index contributed by atoms with van der Waals surface area (Å²) in [7, 11) is 1.58. The van der Waals surface area contributed by atoms with Crippen LogP contribution >= 0.6 is 11.9 Å². The molecule has 0 fully saturated rings. The SMILES string of the molecule is COCCNC1=NSc2cccc(-c3cc(F)cc(F)c3F)c2N1. The second-order valence-corrected chi connectivity index (χ2v) is 5.81. The van der Waals surface area contributed by atoms with Crippen molar-refractivity contribution in [1.82, 2.24) is 5.32 Å². The van der Waals surface area contributed by atoms with Crippen molar-refractivity contribution in [3.8, 4) is 11.1 Å². The van der Waals surface area contributed by atoms with Crippen LogP contribution in [0.4, 0.5) is 18.9 Å². The Labute approximate surface area is 141 Å². The molecule has 4 nitrogen and oxygen atoms in total. The van der Waals surface area contributed by atoms with Crippen molar-refractivity contribution >= 4 is 23.6 Å². The van der Waals surface area contributed by atoms with Gasteiger partial charge in [0.25, 0.3) is 0 Å². The molecule has 1 aliphatic rings. The monoisotopic (exact) mass is 353 g/mol. The largest absolute Gasteiger partial charge is 0.383 e. The van der Waals surface area contributed by atoms with Crippen molar-refractivity contribution in [2.75, 3.05) is 25.6 Å². The molecule has 0 aliphatic carbocycles. The van der Waals surface area contributed by atoms with Gasteiger partial charge in [0.05, 0.1) is 17.2 Å². The quantitative estimate of drug-likeness (QED) is 0.499. The molecule has 0 aromatic heterocycles. The summed E-state index contributed by atoms with van der Waals surface area (Å²) in [4.78, 5) is 0.730. The Bertz CT molecular complexity index is 798. The number of rotatable bonds is 4. The lowest BCUT2D eigenvalue weighted by molar-refractivity contribution is 0.204. The van der Waals surface area contributed by atoms with Crippen LogP contribution in [0.25, 0.3) is 11.1 Å². The molecule has 1 heterocycles. The van der Waals surface area contributed by atoms with Gasteiger partial charge >= 0.3 is 0 Å². The third-order valence-corrected chi connectivity index (χ3v) is 4.20. The summed E-state index contributed by atoms with van der Waals surface area (Å²) in [5.41, 5.74) is 0.758. The Morgan fingerprint density at radius 2 is 2.04 bits per heavy atom. The maximum atomic E-state index is 14.1. The van der Waals surface area contributed by atoms with Crippen LogP contribution in [0.15, 0.2) is 39.6 Å². The predicted octanol–water partition coefficient (Wildman–Crippen LogP) is 3.80. The van der Waals surface area contributed by atoms with Crippen molar-refractivity contribution in [3.63, 3.8) is 0 Å². The first-order valence-electron chi connectivity index (χ1n) is 7.13. The Morgan fingerprint density at radius 3 is 2.83 bits per heavy atom. The Balaban J connectivity index is 1.97. The van der Waals surface area contributed by atoms with E-state index in [-0.39, 0.29) is 5.56 Å². The molecule has 126 valence electrons. The minimum absolute atomic E-state index is 0.143. The predicted molar refractivity (Wildman–Crippen MR) is 88.5 cm³/mol. The van der Waals surface area contributed by atoms with E-state index in [1.165, 1.54) is 11.9 Å². The number of fused-ring (bicyclic) bond motifs is 1. The second-order valence-electron chi connectivity index (χ2n) is 5.00. The van der Waals surface area contributed by atoms with Crippen molar-refractivity contribution in [1.29, 1.82) is 0 Å². The number of nitrogens with zero attached hydrogens (tertiary/aromatic N) is 1. The standard InChI is InChI=1S/C16H14F3N3OS/c1-23-6-5-20-16-21-15-10(3-2-4-13(15)24-22-16)11-7-9(17)8-12(18)14(11)19/h2-4,7-8H,5-6H2,1H3,(H2,20,21,22). The fourth-order valence-electron chi connectivity index (χ4n) is 2.30. The fourth-order valence-corrected chi connectivity index (χ4v) is 2.99. The zero-order valence-electron chi connectivity index (χ0n) is 12.7. The zero-order chi connectivity index (χ0) is 17.1. The molecule has 8 heteroatoms. The van der Waals surface area contributed by atoms with Crippen LogP contribution in [-0.4, -0.2) is 26.2 Å². The number of guanidine groups is 1. The highest BCUT2D eigenvalue weighted by atomic mass is 32.2. The first-order chi connectivity index (χ1) is 11.6. The molecule has 2 N–H and O–H groups in total. The first-order valence-corrected chi connectivity index (χ1v) is 7.90. The molecule has 2 aromatic rings. The summed E-state index contributed by atoms with van der Waals surface area (Å²) >= 11 is 1.19. The van der Waals surface area contributed by atoms with E-state index in [0.717, 1.165) is 11.0 Å². The number of nitrogens with one attached hydrogen (secondary N) is 2. The van der Waals surface area contributed by atoms with Crippen LogP contribution in [-0.2, 0) is 4.74 Å². The third-order valence-electron chi connectivity index (χ3n) is 3.39. The summed E-state index contributed by atoms with van der Waals surface area (Å²) in [6.07, 6.45) is 0. The molecular weight excluding hydrogens is 339 g/mol. The number of benzene rings is 2. The number of ether oxygens (including phenoxy) is 1. The molecule has 0 bridgehead atoms. The van der Waals surface area contributed by atoms with E-state index in [0.29, 0.717) is 36.4 Å². The van der Waals surface area contributed by atoms with E-state index in [4.69, 9.17) is 4.74 Å². The maximum Gasteiger partial charge on any atom is 0.208 e. The van der Waals surface area contributed by atoms with Gasteiger partial charge in [-0.2, -0.15) is 4.40 Å². The lowest BCUT2D eigenvalue weighted by atomic mass is 10.0. The van der Waals surface area contributed by atoms with Gasteiger partial charge in [0.15, 0.2) is 11.6 Å². The maximum absolute atomic E-state index is 14.1. The van der Waals surface area contributed by atoms with E-state index < -0.39 is 17.5 Å². The number of para-hydroxylation sites is 1. The number of hydrogen-bond donors (Lipinski definition) is 2. The molecule has 0 unspecified atom stereocenters. The van der Waals surface area contributed by atoms with Crippen molar-refractivity contribution in [2.24, 2.45) is 4.40 Å². The molecule has 1 aliphatic heterocycles. The first kappa shape index (κ1) is 16.7. The van der Waals surface area contributed by atoms with Crippen LogP contribution in [0.3, 0.4) is 0 Å². The normalized spacial score (nSPS) is 13.1. The van der Waals surface area contributed by atoms with Gasteiger partial charge in [-0.05, 0) is 12.1 Å². The lowest BCUT2D eigenvalue weighted by Crippen LogP contribution is -2.34. The molecule has 0 radical (unpaired) electrons. The van der Waals surface area contributed by atoms with Gasteiger partial charge in [-0.3, -0.25) is 0 Å². The summed E-state index contributed by atoms with van der Waals surface area (Å²) < 4.78 is 50.4. The van der Waals surface area contributed by atoms with Gasteiger partial charge in [0.2, 0.25) is 5.96 Å². The second kappa shape index (κ2) is 7.14. The molecule has 2 aromatic carbocycles. The van der Waals surface area contributed by atoms with E-state index in [2.05, 4.69) is 15.0 Å². The highest BCUT2D eigenvalue weighted by Crippen LogP contribution is 2.40. The van der Waals surface area contributed by atoms with E-state index >= 15 is 0 Å². The van der Waals surface area contributed by atoms with Gasteiger partial charge in [-0.1, -0.05) is 12.1 Å². The van der Waals surface area contributed by atoms with Gasteiger partial charge < -0.3 is 15.4 Å². The van der Waals surface area contributed by atoms with Crippen LogP contribution in [0.2, 0.25) is 0 Å². The van der Waals surface area contributed by atoms with Gasteiger partial charge in [-0.25, -0.2) is 13.2 Å².